The molecule has 0 spiro atoms. The minimum atomic E-state index is -4.51. The maximum atomic E-state index is 12.8. The third-order valence-corrected chi connectivity index (χ3v) is 3.77. The molecule has 0 aliphatic rings. The van der Waals surface area contributed by atoms with E-state index in [4.69, 9.17) is 0 Å². The quantitative estimate of drug-likeness (QED) is 0.706. The molecule has 27 heavy (non-hydrogen) atoms. The van der Waals surface area contributed by atoms with Crippen LogP contribution in [0.5, 0.6) is 0 Å². The third kappa shape index (κ3) is 6.09. The molecule has 0 aliphatic heterocycles. The number of alkyl halides is 3. The van der Waals surface area contributed by atoms with Gasteiger partial charge in [0.15, 0.2) is 0 Å². The second kappa shape index (κ2) is 9.16. The van der Waals surface area contributed by atoms with Gasteiger partial charge in [-0.25, -0.2) is 0 Å². The Hall–Kier alpha value is -2.90. The molecule has 2 N–H and O–H groups in total. The summed E-state index contributed by atoms with van der Waals surface area (Å²) < 4.78 is 38.3. The van der Waals surface area contributed by atoms with Gasteiger partial charge in [-0.15, -0.1) is 0 Å². The lowest BCUT2D eigenvalue weighted by Gasteiger charge is -2.10. The molecule has 0 bridgehead atoms. The number of carbonyl (C=O) groups is 2. The number of anilines is 1. The molecule has 0 radical (unpaired) electrons. The van der Waals surface area contributed by atoms with E-state index in [1.165, 1.54) is 30.5 Å². The van der Waals surface area contributed by atoms with Crippen LogP contribution in [0, 0.1) is 0 Å². The monoisotopic (exact) mass is 379 g/mol. The fourth-order valence-corrected chi connectivity index (χ4v) is 2.34. The van der Waals surface area contributed by atoms with Crippen LogP contribution in [0.3, 0.4) is 0 Å². The van der Waals surface area contributed by atoms with Crippen LogP contribution in [-0.4, -0.2) is 23.3 Å². The molecule has 1 heterocycles. The third-order valence-electron chi connectivity index (χ3n) is 3.77. The lowest BCUT2D eigenvalue weighted by Crippen LogP contribution is -2.25. The number of amides is 2. The summed E-state index contributed by atoms with van der Waals surface area (Å²) in [5.41, 5.74) is -0.677. The molecule has 0 atom stereocenters. The smallest absolute Gasteiger partial charge is 0.352 e. The molecule has 144 valence electrons. The number of carbonyl (C=O) groups excluding carboxylic acids is 2. The maximum absolute atomic E-state index is 12.8. The Balaban J connectivity index is 2.06. The summed E-state index contributed by atoms with van der Waals surface area (Å²) in [5.74, 6) is -1.03. The number of halogens is 3. The van der Waals surface area contributed by atoms with Crippen LogP contribution < -0.4 is 10.6 Å². The first-order valence-electron chi connectivity index (χ1n) is 8.54. The number of hydrogen-bond acceptors (Lipinski definition) is 3. The first-order valence-corrected chi connectivity index (χ1v) is 8.54. The summed E-state index contributed by atoms with van der Waals surface area (Å²) in [5, 5.41) is 5.11. The SMILES string of the molecule is CCCCCNC(=O)c1ccnc(C(=O)Nc2cccc(C(F)(F)F)c2)c1. The van der Waals surface area contributed by atoms with Crippen molar-refractivity contribution in [1.82, 2.24) is 10.3 Å². The second-order valence-corrected chi connectivity index (χ2v) is 5.93. The molecule has 0 saturated carbocycles. The van der Waals surface area contributed by atoms with Gasteiger partial charge in [0.05, 0.1) is 5.56 Å². The summed E-state index contributed by atoms with van der Waals surface area (Å²) in [6.07, 6.45) is -0.306. The van der Waals surface area contributed by atoms with Gasteiger partial charge in [-0.3, -0.25) is 14.6 Å². The standard InChI is InChI=1S/C19H20F3N3O2/c1-2-3-4-9-24-17(26)13-8-10-23-16(11-13)18(27)25-15-7-5-6-14(12-15)19(20,21)22/h5-8,10-12H,2-4,9H2,1H3,(H,24,26)(H,25,27). The average molecular weight is 379 g/mol. The van der Waals surface area contributed by atoms with Crippen molar-refractivity contribution in [3.05, 3.63) is 59.4 Å². The molecule has 5 nitrogen and oxygen atoms in total. The first kappa shape index (κ1) is 20.4. The number of nitrogens with zero attached hydrogens (tertiary/aromatic N) is 1. The molecule has 2 rings (SSSR count). The molecule has 8 heteroatoms. The van der Waals surface area contributed by atoms with Crippen LogP contribution in [0.2, 0.25) is 0 Å². The zero-order valence-corrected chi connectivity index (χ0v) is 14.8. The van der Waals surface area contributed by atoms with Crippen LogP contribution in [0.4, 0.5) is 18.9 Å². The molecule has 1 aromatic heterocycles. The molecule has 0 unspecified atom stereocenters. The van der Waals surface area contributed by atoms with Gasteiger partial charge in [0.1, 0.15) is 5.69 Å². The number of nitrogens with one attached hydrogen (secondary N) is 2. The van der Waals surface area contributed by atoms with E-state index in [-0.39, 0.29) is 22.9 Å². The molecular formula is C19H20F3N3O2. The summed E-state index contributed by atoms with van der Waals surface area (Å²) in [6, 6.07) is 7.07. The van der Waals surface area contributed by atoms with E-state index in [2.05, 4.69) is 22.5 Å². The Morgan fingerprint density at radius 1 is 1.07 bits per heavy atom. The summed E-state index contributed by atoms with van der Waals surface area (Å²) in [4.78, 5) is 28.2. The van der Waals surface area contributed by atoms with E-state index in [0.29, 0.717) is 6.54 Å². The van der Waals surface area contributed by atoms with Gasteiger partial charge in [-0.2, -0.15) is 13.2 Å². The summed E-state index contributed by atoms with van der Waals surface area (Å²) >= 11 is 0. The van der Waals surface area contributed by atoms with E-state index < -0.39 is 17.6 Å². The number of benzene rings is 1. The number of unbranched alkanes of at least 4 members (excludes halogenated alkanes) is 2. The van der Waals surface area contributed by atoms with Gasteiger partial charge in [0.25, 0.3) is 11.8 Å². The lowest BCUT2D eigenvalue weighted by molar-refractivity contribution is -0.137. The van der Waals surface area contributed by atoms with Crippen molar-refractivity contribution >= 4 is 17.5 Å². The predicted molar refractivity (Wildman–Crippen MR) is 95.5 cm³/mol. The molecule has 2 amide bonds. The summed E-state index contributed by atoms with van der Waals surface area (Å²) in [7, 11) is 0. The molecule has 0 aliphatic carbocycles. The predicted octanol–water partition coefficient (Wildman–Crippen LogP) is 4.27. The topological polar surface area (TPSA) is 71.1 Å². The molecule has 2 aromatic rings. The lowest BCUT2D eigenvalue weighted by atomic mass is 10.1. The van der Waals surface area contributed by atoms with Crippen LogP contribution in [0.1, 0.15) is 52.6 Å². The average Bonchev–Trinajstić information content (AvgIpc) is 2.64. The molecule has 1 aromatic carbocycles. The fourth-order valence-electron chi connectivity index (χ4n) is 2.34. The van der Waals surface area contributed by atoms with Gasteiger partial charge < -0.3 is 10.6 Å². The highest BCUT2D eigenvalue weighted by molar-refractivity contribution is 6.04. The Morgan fingerprint density at radius 2 is 1.85 bits per heavy atom. The number of hydrogen-bond donors (Lipinski definition) is 2. The van der Waals surface area contributed by atoms with Gasteiger partial charge in [0.2, 0.25) is 0 Å². The number of aromatic nitrogens is 1. The van der Waals surface area contributed by atoms with Crippen molar-refractivity contribution in [3.8, 4) is 0 Å². The highest BCUT2D eigenvalue weighted by atomic mass is 19.4. The molecular weight excluding hydrogens is 359 g/mol. The van der Waals surface area contributed by atoms with E-state index in [1.807, 2.05) is 0 Å². The van der Waals surface area contributed by atoms with Gasteiger partial charge >= 0.3 is 6.18 Å². The van der Waals surface area contributed by atoms with Crippen molar-refractivity contribution < 1.29 is 22.8 Å². The number of rotatable bonds is 7. The van der Waals surface area contributed by atoms with E-state index >= 15 is 0 Å². The highest BCUT2D eigenvalue weighted by Crippen LogP contribution is 2.30. The van der Waals surface area contributed by atoms with Crippen LogP contribution in [0.25, 0.3) is 0 Å². The van der Waals surface area contributed by atoms with E-state index in [0.717, 1.165) is 31.4 Å². The zero-order chi connectivity index (χ0) is 19.9. The highest BCUT2D eigenvalue weighted by Gasteiger charge is 2.30. The molecule has 0 saturated heterocycles. The van der Waals surface area contributed by atoms with Crippen molar-refractivity contribution in [2.24, 2.45) is 0 Å². The van der Waals surface area contributed by atoms with Crippen LogP contribution >= 0.6 is 0 Å². The normalized spacial score (nSPS) is 11.1. The van der Waals surface area contributed by atoms with Gasteiger partial charge in [0, 0.05) is 24.0 Å². The second-order valence-electron chi connectivity index (χ2n) is 5.93. The Bertz CT molecular complexity index is 807. The van der Waals surface area contributed by atoms with Crippen molar-refractivity contribution in [2.45, 2.75) is 32.4 Å². The van der Waals surface area contributed by atoms with E-state index in [9.17, 15) is 22.8 Å². The van der Waals surface area contributed by atoms with Crippen LogP contribution in [0.15, 0.2) is 42.6 Å². The Kier molecular flexibility index (Phi) is 6.92. The fraction of sp³-hybridized carbons (Fsp3) is 0.316. The Morgan fingerprint density at radius 3 is 2.56 bits per heavy atom. The minimum Gasteiger partial charge on any atom is -0.352 e. The largest absolute Gasteiger partial charge is 0.416 e. The van der Waals surface area contributed by atoms with Gasteiger partial charge in [-0.1, -0.05) is 25.8 Å². The van der Waals surface area contributed by atoms with Crippen LogP contribution in [-0.2, 0) is 6.18 Å². The van der Waals surface area contributed by atoms with Crippen molar-refractivity contribution in [3.63, 3.8) is 0 Å². The number of pyridine rings is 1. The van der Waals surface area contributed by atoms with E-state index in [1.54, 1.807) is 0 Å². The minimum absolute atomic E-state index is 0.00829. The van der Waals surface area contributed by atoms with Gasteiger partial charge in [-0.05, 0) is 36.8 Å². The molecule has 0 fully saturated rings. The Labute approximate surface area is 155 Å². The first-order chi connectivity index (χ1) is 12.8. The zero-order valence-electron chi connectivity index (χ0n) is 14.8. The van der Waals surface area contributed by atoms with Crippen molar-refractivity contribution in [2.75, 3.05) is 11.9 Å². The summed E-state index contributed by atoms with van der Waals surface area (Å²) in [6.45, 7) is 2.58. The maximum Gasteiger partial charge on any atom is 0.416 e. The van der Waals surface area contributed by atoms with Crippen molar-refractivity contribution in [1.29, 1.82) is 0 Å².